The van der Waals surface area contributed by atoms with E-state index in [1.807, 2.05) is 0 Å². The van der Waals surface area contributed by atoms with E-state index < -0.39 is 23.3 Å². The zero-order chi connectivity index (χ0) is 14.8. The van der Waals surface area contributed by atoms with E-state index in [1.54, 1.807) is 13.8 Å². The molecule has 0 heterocycles. The van der Waals surface area contributed by atoms with E-state index in [1.165, 1.54) is 0 Å². The number of fused-ring (bicyclic) bond motifs is 3. The lowest BCUT2D eigenvalue weighted by molar-refractivity contribution is -0.180. The standard InChI is InChI=1S/C14H21NO5/c1-3-19-12(16)14(13(17)20-4-2)8-9-5-6-10(14)11(7-9)15-18/h9-10,18H,3-8H2,1-2H3/b15-11+. The highest BCUT2D eigenvalue weighted by Gasteiger charge is 2.62. The van der Waals surface area contributed by atoms with Crippen molar-refractivity contribution in [1.29, 1.82) is 0 Å². The van der Waals surface area contributed by atoms with Crippen LogP contribution in [0.25, 0.3) is 0 Å². The fraction of sp³-hybridized carbons (Fsp3) is 0.786. The molecule has 0 radical (unpaired) electrons. The quantitative estimate of drug-likeness (QED) is 0.368. The molecule has 1 N–H and O–H groups in total. The largest absolute Gasteiger partial charge is 0.465 e. The van der Waals surface area contributed by atoms with E-state index in [-0.39, 0.29) is 19.1 Å². The lowest BCUT2D eigenvalue weighted by Gasteiger charge is -2.47. The predicted molar refractivity (Wildman–Crippen MR) is 70.4 cm³/mol. The number of carbonyl (C=O) groups excluding carboxylic acids is 2. The molecule has 2 bridgehead atoms. The van der Waals surface area contributed by atoms with Crippen LogP contribution in [0.4, 0.5) is 0 Å². The first kappa shape index (κ1) is 14.8. The van der Waals surface area contributed by atoms with Crippen LogP contribution in [-0.4, -0.2) is 36.1 Å². The molecule has 2 atom stereocenters. The van der Waals surface area contributed by atoms with E-state index in [0.717, 1.165) is 6.42 Å². The van der Waals surface area contributed by atoms with Crippen molar-refractivity contribution >= 4 is 17.7 Å². The number of rotatable bonds is 4. The fourth-order valence-electron chi connectivity index (χ4n) is 3.58. The maximum atomic E-state index is 12.4. The molecule has 0 spiro atoms. The van der Waals surface area contributed by atoms with E-state index in [4.69, 9.17) is 14.7 Å². The molecule has 3 aliphatic carbocycles. The Hall–Kier alpha value is -1.59. The summed E-state index contributed by atoms with van der Waals surface area (Å²) in [5.41, 5.74) is -0.803. The minimum Gasteiger partial charge on any atom is -0.465 e. The molecule has 6 nitrogen and oxygen atoms in total. The first-order valence-electron chi connectivity index (χ1n) is 7.15. The van der Waals surface area contributed by atoms with Gasteiger partial charge in [-0.05, 0) is 45.4 Å². The van der Waals surface area contributed by atoms with Gasteiger partial charge in [-0.15, -0.1) is 0 Å². The van der Waals surface area contributed by atoms with Gasteiger partial charge in [0, 0.05) is 5.92 Å². The molecule has 3 fully saturated rings. The van der Waals surface area contributed by atoms with Crippen molar-refractivity contribution in [3.63, 3.8) is 0 Å². The van der Waals surface area contributed by atoms with Gasteiger partial charge in [-0.1, -0.05) is 5.16 Å². The number of hydrogen-bond acceptors (Lipinski definition) is 6. The minimum absolute atomic E-state index is 0.166. The molecule has 0 aromatic rings. The fourth-order valence-corrected chi connectivity index (χ4v) is 3.58. The summed E-state index contributed by atoms with van der Waals surface area (Å²) >= 11 is 0. The van der Waals surface area contributed by atoms with Crippen LogP contribution in [0.2, 0.25) is 0 Å². The molecule has 20 heavy (non-hydrogen) atoms. The Morgan fingerprint density at radius 3 is 2.30 bits per heavy atom. The van der Waals surface area contributed by atoms with E-state index in [0.29, 0.717) is 25.0 Å². The van der Waals surface area contributed by atoms with Crippen LogP contribution in [0.3, 0.4) is 0 Å². The summed E-state index contributed by atoms with van der Waals surface area (Å²) in [7, 11) is 0. The highest BCUT2D eigenvalue weighted by molar-refractivity contribution is 6.07. The smallest absolute Gasteiger partial charge is 0.324 e. The molecular weight excluding hydrogens is 262 g/mol. The van der Waals surface area contributed by atoms with E-state index in [9.17, 15) is 9.59 Å². The molecule has 0 saturated heterocycles. The van der Waals surface area contributed by atoms with Gasteiger partial charge in [0.15, 0.2) is 5.41 Å². The van der Waals surface area contributed by atoms with Crippen LogP contribution in [0.15, 0.2) is 5.16 Å². The number of esters is 2. The number of carbonyl (C=O) groups is 2. The van der Waals surface area contributed by atoms with Crippen molar-refractivity contribution in [2.24, 2.45) is 22.4 Å². The Morgan fingerprint density at radius 2 is 1.85 bits per heavy atom. The van der Waals surface area contributed by atoms with Crippen LogP contribution in [0.5, 0.6) is 0 Å². The van der Waals surface area contributed by atoms with E-state index >= 15 is 0 Å². The SMILES string of the molecule is CCOC(=O)C1(C(=O)OCC)CC2CCC1/C(=N/O)C2. The summed E-state index contributed by atoms with van der Waals surface area (Å²) in [6, 6.07) is 0. The van der Waals surface area contributed by atoms with Gasteiger partial charge in [0.05, 0.1) is 18.9 Å². The number of hydrogen-bond donors (Lipinski definition) is 1. The van der Waals surface area contributed by atoms with Gasteiger partial charge in [-0.2, -0.15) is 0 Å². The molecular formula is C14H21NO5. The van der Waals surface area contributed by atoms with Gasteiger partial charge in [0.1, 0.15) is 0 Å². The summed E-state index contributed by atoms with van der Waals surface area (Å²) in [6.07, 6.45) is 2.65. The molecule has 3 aliphatic rings. The monoisotopic (exact) mass is 283 g/mol. The Morgan fingerprint density at radius 1 is 1.25 bits per heavy atom. The highest BCUT2D eigenvalue weighted by atomic mass is 16.6. The third-order valence-corrected chi connectivity index (χ3v) is 4.38. The summed E-state index contributed by atoms with van der Waals surface area (Å²) in [4.78, 5) is 24.9. The summed E-state index contributed by atoms with van der Waals surface area (Å²) in [6.45, 7) is 3.84. The van der Waals surface area contributed by atoms with Crippen molar-refractivity contribution < 1.29 is 24.3 Å². The average molecular weight is 283 g/mol. The first-order chi connectivity index (χ1) is 9.59. The molecule has 2 unspecified atom stereocenters. The van der Waals surface area contributed by atoms with Crippen LogP contribution >= 0.6 is 0 Å². The molecule has 0 aliphatic heterocycles. The maximum absolute atomic E-state index is 12.4. The Balaban J connectivity index is 2.41. The van der Waals surface area contributed by atoms with Crippen LogP contribution in [0, 0.1) is 17.3 Å². The second-order valence-corrected chi connectivity index (χ2v) is 5.41. The highest BCUT2D eigenvalue weighted by Crippen LogP contribution is 2.52. The van der Waals surface area contributed by atoms with Crippen LogP contribution in [0.1, 0.15) is 39.5 Å². The van der Waals surface area contributed by atoms with Crippen LogP contribution in [-0.2, 0) is 19.1 Å². The molecule has 112 valence electrons. The Kier molecular flexibility index (Phi) is 4.30. The number of oxime groups is 1. The second-order valence-electron chi connectivity index (χ2n) is 5.41. The van der Waals surface area contributed by atoms with Crippen LogP contribution < -0.4 is 0 Å². The summed E-state index contributed by atoms with van der Waals surface area (Å²) in [5.74, 6) is -1.33. The van der Waals surface area contributed by atoms with Gasteiger partial charge >= 0.3 is 11.9 Å². The number of ether oxygens (including phenoxy) is 2. The molecule has 3 saturated carbocycles. The summed E-state index contributed by atoms with van der Waals surface area (Å²) in [5, 5.41) is 12.5. The van der Waals surface area contributed by atoms with Gasteiger partial charge in [-0.25, -0.2) is 0 Å². The molecule has 0 amide bonds. The average Bonchev–Trinajstić information content (AvgIpc) is 2.47. The van der Waals surface area contributed by atoms with Crippen molar-refractivity contribution in [2.75, 3.05) is 13.2 Å². The third kappa shape index (κ3) is 2.17. The second kappa shape index (κ2) is 5.81. The topological polar surface area (TPSA) is 85.2 Å². The van der Waals surface area contributed by atoms with Crippen molar-refractivity contribution in [3.8, 4) is 0 Å². The van der Waals surface area contributed by atoms with Crippen molar-refractivity contribution in [1.82, 2.24) is 0 Å². The minimum atomic E-state index is -1.32. The van der Waals surface area contributed by atoms with Gasteiger partial charge < -0.3 is 14.7 Å². The Labute approximate surface area is 118 Å². The molecule has 6 heteroatoms. The number of nitrogens with zero attached hydrogens (tertiary/aromatic N) is 1. The van der Waals surface area contributed by atoms with E-state index in [2.05, 4.69) is 5.16 Å². The first-order valence-corrected chi connectivity index (χ1v) is 7.15. The van der Waals surface area contributed by atoms with Crippen molar-refractivity contribution in [3.05, 3.63) is 0 Å². The lowest BCUT2D eigenvalue weighted by Crippen LogP contribution is -2.57. The third-order valence-electron chi connectivity index (χ3n) is 4.38. The summed E-state index contributed by atoms with van der Waals surface area (Å²) < 4.78 is 10.2. The van der Waals surface area contributed by atoms with Gasteiger partial charge in [0.25, 0.3) is 0 Å². The maximum Gasteiger partial charge on any atom is 0.324 e. The zero-order valence-electron chi connectivity index (χ0n) is 11.9. The lowest BCUT2D eigenvalue weighted by atomic mass is 9.55. The molecule has 0 aromatic heterocycles. The predicted octanol–water partition coefficient (Wildman–Crippen LogP) is 1.75. The molecule has 3 rings (SSSR count). The van der Waals surface area contributed by atoms with Crippen molar-refractivity contribution in [2.45, 2.75) is 39.5 Å². The van der Waals surface area contributed by atoms with Gasteiger partial charge in [-0.3, -0.25) is 9.59 Å². The van der Waals surface area contributed by atoms with Gasteiger partial charge in [0.2, 0.25) is 0 Å². The zero-order valence-corrected chi connectivity index (χ0v) is 11.9. The normalized spacial score (nSPS) is 29.2. The molecule has 0 aromatic carbocycles. The Bertz CT molecular complexity index is 413.